The zero-order valence-electron chi connectivity index (χ0n) is 26.7. The Hall–Kier alpha value is -4.44. The minimum atomic E-state index is -0.165. The first-order chi connectivity index (χ1) is 21.2. The van der Waals surface area contributed by atoms with Gasteiger partial charge in [-0.2, -0.15) is 0 Å². The van der Waals surface area contributed by atoms with Gasteiger partial charge in [0.05, 0.1) is 67.9 Å². The van der Waals surface area contributed by atoms with E-state index in [9.17, 15) is 9.59 Å². The number of nitrogens with zero attached hydrogens (tertiary/aromatic N) is 2. The molecule has 0 aromatic heterocycles. The van der Waals surface area contributed by atoms with Gasteiger partial charge in [-0.25, -0.2) is 4.79 Å². The summed E-state index contributed by atoms with van der Waals surface area (Å²) in [5.74, 6) is 2.30. The van der Waals surface area contributed by atoms with Gasteiger partial charge in [0, 0.05) is 24.1 Å². The summed E-state index contributed by atoms with van der Waals surface area (Å²) in [5.41, 5.74) is 3.34. The maximum absolute atomic E-state index is 14.4. The van der Waals surface area contributed by atoms with Crippen LogP contribution in [-0.4, -0.2) is 96.6 Å². The highest BCUT2D eigenvalue weighted by Crippen LogP contribution is 2.40. The minimum absolute atomic E-state index is 0.0481. The zero-order chi connectivity index (χ0) is 31.9. The number of piperazine rings is 1. The van der Waals surface area contributed by atoms with Crippen LogP contribution >= 0.6 is 0 Å². The van der Waals surface area contributed by atoms with Gasteiger partial charge in [0.25, 0.3) is 5.91 Å². The SMILES string of the molecule is COc1cc(C(=O)N2CC[N+](CCCc3ccc(C)cc3)(C(=O)c3cc(OC)c(OC)c(OC)c3)CC2)cc(OC)c1OC. The van der Waals surface area contributed by atoms with Gasteiger partial charge in [-0.3, -0.25) is 9.28 Å². The number of ether oxygens (including phenoxy) is 6. The number of hydrogen-bond donors (Lipinski definition) is 0. The van der Waals surface area contributed by atoms with Crippen LogP contribution in [0.25, 0.3) is 0 Å². The maximum atomic E-state index is 14.4. The third-order valence-electron chi connectivity index (χ3n) is 8.31. The van der Waals surface area contributed by atoms with Crippen LogP contribution in [0, 0.1) is 6.92 Å². The van der Waals surface area contributed by atoms with Crippen LogP contribution in [0.4, 0.5) is 0 Å². The van der Waals surface area contributed by atoms with E-state index in [0.29, 0.717) is 78.3 Å². The molecule has 10 heteroatoms. The number of hydrogen-bond acceptors (Lipinski definition) is 8. The number of aryl methyl sites for hydroxylation is 2. The van der Waals surface area contributed by atoms with Crippen LogP contribution in [0.15, 0.2) is 48.5 Å². The Kier molecular flexibility index (Phi) is 10.6. The first kappa shape index (κ1) is 32.5. The molecule has 3 aromatic carbocycles. The number of carbonyl (C=O) groups excluding carboxylic acids is 2. The van der Waals surface area contributed by atoms with Crippen molar-refractivity contribution >= 4 is 11.8 Å². The Balaban J connectivity index is 1.62. The summed E-state index contributed by atoms with van der Waals surface area (Å²) in [4.78, 5) is 29.9. The molecule has 0 radical (unpaired) electrons. The highest BCUT2D eigenvalue weighted by atomic mass is 16.5. The second-order valence-electron chi connectivity index (χ2n) is 10.8. The van der Waals surface area contributed by atoms with Crippen LogP contribution in [0.5, 0.6) is 34.5 Å². The molecule has 0 aliphatic carbocycles. The van der Waals surface area contributed by atoms with Gasteiger partial charge in [0.2, 0.25) is 11.5 Å². The molecule has 236 valence electrons. The van der Waals surface area contributed by atoms with E-state index in [1.54, 1.807) is 29.2 Å². The molecule has 1 aliphatic heterocycles. The summed E-state index contributed by atoms with van der Waals surface area (Å²) < 4.78 is 33.1. The van der Waals surface area contributed by atoms with Gasteiger partial charge in [-0.1, -0.05) is 29.8 Å². The van der Waals surface area contributed by atoms with E-state index < -0.39 is 0 Å². The minimum Gasteiger partial charge on any atom is -0.493 e. The standard InChI is InChI=1S/C34H43N2O8/c1-23-10-12-24(13-11-23)9-8-16-36(34(38)26-21-29(41-4)32(44-7)30(22-26)42-5)17-14-35(15-18-36)33(37)25-19-27(39-2)31(43-6)28(20-25)40-3/h10-13,19-22H,8-9,14-18H2,1-7H3/q+1. The van der Waals surface area contributed by atoms with E-state index in [1.165, 1.54) is 53.8 Å². The van der Waals surface area contributed by atoms with Crippen LogP contribution in [-0.2, 0) is 6.42 Å². The predicted molar refractivity (Wildman–Crippen MR) is 167 cm³/mol. The lowest BCUT2D eigenvalue weighted by Gasteiger charge is -2.43. The van der Waals surface area contributed by atoms with Gasteiger partial charge in [-0.05, 0) is 31.0 Å². The Morgan fingerprint density at radius 1 is 0.682 bits per heavy atom. The topological polar surface area (TPSA) is 92.8 Å². The molecule has 10 nitrogen and oxygen atoms in total. The van der Waals surface area contributed by atoms with Crippen molar-refractivity contribution in [3.05, 3.63) is 70.8 Å². The molecule has 0 unspecified atom stereocenters. The van der Waals surface area contributed by atoms with Crippen LogP contribution < -0.4 is 28.4 Å². The lowest BCUT2D eigenvalue weighted by atomic mass is 10.0. The molecule has 1 aliphatic rings. The maximum Gasteiger partial charge on any atom is 0.346 e. The quantitative estimate of drug-likeness (QED) is 0.272. The molecule has 44 heavy (non-hydrogen) atoms. The second-order valence-corrected chi connectivity index (χ2v) is 10.8. The smallest absolute Gasteiger partial charge is 0.346 e. The molecule has 0 spiro atoms. The summed E-state index contributed by atoms with van der Waals surface area (Å²) in [6.45, 7) is 4.40. The normalized spacial score (nSPS) is 14.0. The average Bonchev–Trinajstić information content (AvgIpc) is 3.07. The molecule has 0 saturated carbocycles. The number of rotatable bonds is 12. The van der Waals surface area contributed by atoms with Gasteiger partial charge in [0.15, 0.2) is 23.0 Å². The summed E-state index contributed by atoms with van der Waals surface area (Å²) in [7, 11) is 9.16. The van der Waals surface area contributed by atoms with E-state index in [1.807, 2.05) is 0 Å². The molecule has 1 saturated heterocycles. The third-order valence-corrected chi connectivity index (χ3v) is 8.31. The van der Waals surface area contributed by atoms with Crippen LogP contribution in [0.2, 0.25) is 0 Å². The van der Waals surface area contributed by atoms with Crippen molar-refractivity contribution in [2.24, 2.45) is 0 Å². The molecule has 1 heterocycles. The molecular formula is C34H43N2O8+. The number of methoxy groups -OCH3 is 6. The van der Waals surface area contributed by atoms with Gasteiger partial charge < -0.3 is 33.3 Å². The molecule has 1 fully saturated rings. The van der Waals surface area contributed by atoms with E-state index in [0.717, 1.165) is 12.8 Å². The Morgan fingerprint density at radius 2 is 1.14 bits per heavy atom. The molecule has 0 bridgehead atoms. The van der Waals surface area contributed by atoms with Crippen molar-refractivity contribution in [3.8, 4) is 34.5 Å². The molecule has 3 aromatic rings. The molecule has 0 N–H and O–H groups in total. The van der Waals surface area contributed by atoms with E-state index in [2.05, 4.69) is 31.2 Å². The first-order valence-corrected chi connectivity index (χ1v) is 14.6. The second kappa shape index (κ2) is 14.4. The fourth-order valence-electron chi connectivity index (χ4n) is 5.79. The summed E-state index contributed by atoms with van der Waals surface area (Å²) in [5, 5.41) is 0. The van der Waals surface area contributed by atoms with Gasteiger partial charge in [0.1, 0.15) is 13.1 Å². The van der Waals surface area contributed by atoms with Crippen molar-refractivity contribution in [2.75, 3.05) is 75.4 Å². The number of quaternary nitrogens is 1. The monoisotopic (exact) mass is 607 g/mol. The van der Waals surface area contributed by atoms with Gasteiger partial charge >= 0.3 is 5.91 Å². The Morgan fingerprint density at radius 3 is 1.57 bits per heavy atom. The van der Waals surface area contributed by atoms with Crippen molar-refractivity contribution in [2.45, 2.75) is 19.8 Å². The van der Waals surface area contributed by atoms with Crippen LogP contribution in [0.3, 0.4) is 0 Å². The van der Waals surface area contributed by atoms with Crippen molar-refractivity contribution in [1.29, 1.82) is 0 Å². The Bertz CT molecular complexity index is 1410. The highest BCUT2D eigenvalue weighted by molar-refractivity contribution is 5.96. The largest absolute Gasteiger partial charge is 0.493 e. The predicted octanol–water partition coefficient (Wildman–Crippen LogP) is 4.79. The number of benzene rings is 3. The molecule has 2 amide bonds. The first-order valence-electron chi connectivity index (χ1n) is 14.6. The molecule has 4 rings (SSSR count). The molecular weight excluding hydrogens is 564 g/mol. The molecule has 0 atom stereocenters. The third kappa shape index (κ3) is 6.70. The van der Waals surface area contributed by atoms with Crippen molar-refractivity contribution in [1.82, 2.24) is 4.90 Å². The van der Waals surface area contributed by atoms with Crippen molar-refractivity contribution < 1.29 is 42.5 Å². The van der Waals surface area contributed by atoms with Gasteiger partial charge in [-0.15, -0.1) is 0 Å². The summed E-state index contributed by atoms with van der Waals surface area (Å²) in [6, 6.07) is 15.2. The van der Waals surface area contributed by atoms with E-state index >= 15 is 0 Å². The fourth-order valence-corrected chi connectivity index (χ4v) is 5.79. The Labute approximate surface area is 259 Å². The lowest BCUT2D eigenvalue weighted by molar-refractivity contribution is -0.853. The van der Waals surface area contributed by atoms with Crippen molar-refractivity contribution in [3.63, 3.8) is 0 Å². The summed E-state index contributed by atoms with van der Waals surface area (Å²) in [6.07, 6.45) is 1.65. The zero-order valence-corrected chi connectivity index (χ0v) is 26.7. The van der Waals surface area contributed by atoms with E-state index in [-0.39, 0.29) is 16.3 Å². The van der Waals surface area contributed by atoms with E-state index in [4.69, 9.17) is 28.4 Å². The average molecular weight is 608 g/mol. The highest BCUT2D eigenvalue weighted by Gasteiger charge is 2.42. The number of amides is 2. The fraction of sp³-hybridized carbons (Fsp3) is 0.412. The summed E-state index contributed by atoms with van der Waals surface area (Å²) >= 11 is 0. The number of carbonyl (C=O) groups is 2. The van der Waals surface area contributed by atoms with Crippen LogP contribution in [0.1, 0.15) is 38.3 Å². The lowest BCUT2D eigenvalue weighted by Crippen LogP contribution is -2.63.